The van der Waals surface area contributed by atoms with Crippen molar-refractivity contribution in [3.63, 3.8) is 0 Å². The number of thiophene rings is 1. The first-order chi connectivity index (χ1) is 6.69. The van der Waals surface area contributed by atoms with Crippen molar-refractivity contribution in [3.05, 3.63) is 17.0 Å². The molecule has 5 heteroatoms. The van der Waals surface area contributed by atoms with Crippen LogP contribution in [0.25, 0.3) is 0 Å². The first-order valence-electron chi connectivity index (χ1n) is 4.14. The van der Waals surface area contributed by atoms with E-state index in [2.05, 4.69) is 10.6 Å². The van der Waals surface area contributed by atoms with E-state index in [1.165, 1.54) is 11.3 Å². The van der Waals surface area contributed by atoms with Gasteiger partial charge >= 0.3 is 0 Å². The van der Waals surface area contributed by atoms with Gasteiger partial charge in [0, 0.05) is 0 Å². The minimum atomic E-state index is -0.261. The van der Waals surface area contributed by atoms with Gasteiger partial charge in [-0.3, -0.25) is 4.79 Å². The zero-order valence-corrected chi connectivity index (χ0v) is 8.81. The van der Waals surface area contributed by atoms with Crippen LogP contribution in [0.1, 0.15) is 12.5 Å². The zero-order chi connectivity index (χ0) is 10.6. The topological polar surface area (TPSA) is 64.9 Å². The van der Waals surface area contributed by atoms with E-state index in [0.29, 0.717) is 10.6 Å². The second-order valence-electron chi connectivity index (χ2n) is 2.77. The van der Waals surface area contributed by atoms with Gasteiger partial charge < -0.3 is 10.6 Å². The van der Waals surface area contributed by atoms with Gasteiger partial charge in [-0.25, -0.2) is 0 Å². The number of nitrogens with one attached hydrogen (secondary N) is 2. The van der Waals surface area contributed by atoms with E-state index in [4.69, 9.17) is 5.26 Å². The van der Waals surface area contributed by atoms with Crippen molar-refractivity contribution in [2.45, 2.75) is 13.0 Å². The highest BCUT2D eigenvalue weighted by atomic mass is 32.1. The van der Waals surface area contributed by atoms with Gasteiger partial charge in [0.2, 0.25) is 5.91 Å². The fraction of sp³-hybridized carbons (Fsp3) is 0.333. The van der Waals surface area contributed by atoms with Crippen molar-refractivity contribution in [1.29, 1.82) is 5.26 Å². The van der Waals surface area contributed by atoms with Crippen LogP contribution in [0.4, 0.5) is 5.00 Å². The SMILES string of the molecule is CNC(C)C(=O)Nc1sccc1C#N. The van der Waals surface area contributed by atoms with Gasteiger partial charge in [0.25, 0.3) is 0 Å². The zero-order valence-electron chi connectivity index (χ0n) is 8.00. The summed E-state index contributed by atoms with van der Waals surface area (Å²) in [5, 5.41) is 16.6. The normalized spacial score (nSPS) is 11.8. The number of carbonyl (C=O) groups is 1. The molecule has 1 aromatic heterocycles. The molecule has 0 spiro atoms. The molecule has 0 aromatic carbocycles. The molecule has 0 aliphatic carbocycles. The Morgan fingerprint density at radius 1 is 1.71 bits per heavy atom. The van der Waals surface area contributed by atoms with Gasteiger partial charge in [0.1, 0.15) is 11.1 Å². The molecule has 1 amide bonds. The molecule has 0 aliphatic rings. The summed E-state index contributed by atoms with van der Waals surface area (Å²) in [6.07, 6.45) is 0. The number of hydrogen-bond acceptors (Lipinski definition) is 4. The molecule has 1 heterocycles. The molecule has 1 rings (SSSR count). The average molecular weight is 209 g/mol. The second-order valence-corrected chi connectivity index (χ2v) is 3.69. The summed E-state index contributed by atoms with van der Waals surface area (Å²) in [6.45, 7) is 1.76. The molecule has 2 N–H and O–H groups in total. The molecule has 74 valence electrons. The molecule has 4 nitrogen and oxygen atoms in total. The first-order valence-corrected chi connectivity index (χ1v) is 5.02. The van der Waals surface area contributed by atoms with Crippen LogP contribution in [0.5, 0.6) is 0 Å². The quantitative estimate of drug-likeness (QED) is 0.785. The van der Waals surface area contributed by atoms with Crippen LogP contribution in [0, 0.1) is 11.3 Å². The largest absolute Gasteiger partial charge is 0.315 e. The summed E-state index contributed by atoms with van der Waals surface area (Å²) in [4.78, 5) is 11.4. The lowest BCUT2D eigenvalue weighted by molar-refractivity contribution is -0.117. The Balaban J connectivity index is 2.70. The van der Waals surface area contributed by atoms with Gasteiger partial charge in [0.05, 0.1) is 11.6 Å². The highest BCUT2D eigenvalue weighted by Crippen LogP contribution is 2.21. The van der Waals surface area contributed by atoms with Crippen LogP contribution in [-0.4, -0.2) is 19.0 Å². The number of amides is 1. The van der Waals surface area contributed by atoms with Gasteiger partial charge in [-0.05, 0) is 25.4 Å². The van der Waals surface area contributed by atoms with Gasteiger partial charge in [-0.2, -0.15) is 5.26 Å². The Hall–Kier alpha value is -1.38. The summed E-state index contributed by atoms with van der Waals surface area (Å²) >= 11 is 1.35. The minimum Gasteiger partial charge on any atom is -0.315 e. The monoisotopic (exact) mass is 209 g/mol. The molecular weight excluding hydrogens is 198 g/mol. The minimum absolute atomic E-state index is 0.133. The number of hydrogen-bond donors (Lipinski definition) is 2. The average Bonchev–Trinajstić information content (AvgIpc) is 2.63. The maximum absolute atomic E-state index is 11.4. The molecule has 0 saturated carbocycles. The smallest absolute Gasteiger partial charge is 0.241 e. The Morgan fingerprint density at radius 3 is 3.00 bits per heavy atom. The molecular formula is C9H11N3OS. The fourth-order valence-corrected chi connectivity index (χ4v) is 1.59. The van der Waals surface area contributed by atoms with E-state index in [1.807, 2.05) is 6.07 Å². The van der Waals surface area contributed by atoms with Crippen molar-refractivity contribution in [2.24, 2.45) is 0 Å². The number of rotatable bonds is 3. The van der Waals surface area contributed by atoms with E-state index in [9.17, 15) is 4.79 Å². The van der Waals surface area contributed by atoms with E-state index in [-0.39, 0.29) is 11.9 Å². The molecule has 0 bridgehead atoms. The summed E-state index contributed by atoms with van der Waals surface area (Å²) in [5.74, 6) is -0.133. The molecule has 1 atom stereocenters. The summed E-state index contributed by atoms with van der Waals surface area (Å²) in [6, 6.07) is 3.44. The highest BCUT2D eigenvalue weighted by molar-refractivity contribution is 7.14. The third-order valence-electron chi connectivity index (χ3n) is 1.85. The molecule has 1 unspecified atom stereocenters. The summed E-state index contributed by atoms with van der Waals surface area (Å²) in [7, 11) is 1.71. The highest BCUT2D eigenvalue weighted by Gasteiger charge is 2.12. The molecule has 1 aromatic rings. The third-order valence-corrected chi connectivity index (χ3v) is 2.68. The Bertz CT molecular complexity index is 366. The van der Waals surface area contributed by atoms with E-state index in [0.717, 1.165) is 0 Å². The molecule has 0 saturated heterocycles. The van der Waals surface area contributed by atoms with E-state index < -0.39 is 0 Å². The summed E-state index contributed by atoms with van der Waals surface area (Å²) < 4.78 is 0. The number of likely N-dealkylation sites (N-methyl/N-ethyl adjacent to an activating group) is 1. The molecule has 0 radical (unpaired) electrons. The Kier molecular flexibility index (Phi) is 3.63. The molecule has 14 heavy (non-hydrogen) atoms. The van der Waals surface area contributed by atoms with Crippen LogP contribution in [0.2, 0.25) is 0 Å². The number of nitriles is 1. The van der Waals surface area contributed by atoms with Crippen LogP contribution in [0.3, 0.4) is 0 Å². The van der Waals surface area contributed by atoms with Crippen molar-refractivity contribution in [3.8, 4) is 6.07 Å². The Labute approximate surface area is 86.6 Å². The van der Waals surface area contributed by atoms with Gasteiger partial charge in [-0.1, -0.05) is 0 Å². The van der Waals surface area contributed by atoms with Crippen LogP contribution >= 0.6 is 11.3 Å². The number of carbonyl (C=O) groups excluding carboxylic acids is 1. The predicted molar refractivity (Wildman–Crippen MR) is 56.2 cm³/mol. The fourth-order valence-electron chi connectivity index (χ4n) is 0.845. The van der Waals surface area contributed by atoms with Crippen molar-refractivity contribution in [1.82, 2.24) is 5.32 Å². The standard InChI is InChI=1S/C9H11N3OS/c1-6(11-2)8(13)12-9-7(5-10)3-4-14-9/h3-4,6,11H,1-2H3,(H,12,13). The van der Waals surface area contributed by atoms with Crippen LogP contribution in [0.15, 0.2) is 11.4 Å². The van der Waals surface area contributed by atoms with Gasteiger partial charge in [0.15, 0.2) is 0 Å². The predicted octanol–water partition coefficient (Wildman–Crippen LogP) is 1.17. The number of anilines is 1. The van der Waals surface area contributed by atoms with Gasteiger partial charge in [-0.15, -0.1) is 11.3 Å². The van der Waals surface area contributed by atoms with Crippen molar-refractivity contribution < 1.29 is 4.79 Å². The van der Waals surface area contributed by atoms with Crippen molar-refractivity contribution in [2.75, 3.05) is 12.4 Å². The maximum Gasteiger partial charge on any atom is 0.241 e. The van der Waals surface area contributed by atoms with Crippen LogP contribution < -0.4 is 10.6 Å². The van der Waals surface area contributed by atoms with Crippen molar-refractivity contribution >= 4 is 22.2 Å². The Morgan fingerprint density at radius 2 is 2.43 bits per heavy atom. The van der Waals surface area contributed by atoms with E-state index in [1.54, 1.807) is 25.4 Å². The van der Waals surface area contributed by atoms with E-state index >= 15 is 0 Å². The summed E-state index contributed by atoms with van der Waals surface area (Å²) in [5.41, 5.74) is 0.506. The first kappa shape index (κ1) is 10.7. The lowest BCUT2D eigenvalue weighted by Gasteiger charge is -2.09. The molecule has 0 aliphatic heterocycles. The lowest BCUT2D eigenvalue weighted by Crippen LogP contribution is -2.35. The molecule has 0 fully saturated rings. The lowest BCUT2D eigenvalue weighted by atomic mass is 10.3. The maximum atomic E-state index is 11.4. The van der Waals surface area contributed by atoms with Crippen LogP contribution in [-0.2, 0) is 4.79 Å². The second kappa shape index (κ2) is 4.74. The third kappa shape index (κ3) is 2.31. The number of nitrogens with zero attached hydrogens (tertiary/aromatic N) is 1.